The van der Waals surface area contributed by atoms with Crippen LogP contribution < -0.4 is 5.32 Å². The number of carboxylic acids is 1. The summed E-state index contributed by atoms with van der Waals surface area (Å²) in [6.07, 6.45) is 2.79. The van der Waals surface area contributed by atoms with Gasteiger partial charge in [0.15, 0.2) is 0 Å². The second-order valence-corrected chi connectivity index (χ2v) is 7.92. The number of fused-ring (bicyclic) bond motifs is 1. The molecule has 166 valence electrons. The highest BCUT2D eigenvalue weighted by Gasteiger charge is 2.54. The Bertz CT molecular complexity index is 973. The summed E-state index contributed by atoms with van der Waals surface area (Å²) in [5.41, 5.74) is -0.0505. The van der Waals surface area contributed by atoms with Crippen LogP contribution in [0.1, 0.15) is 19.8 Å². The Hall–Kier alpha value is -3.42. The minimum atomic E-state index is -1.31. The van der Waals surface area contributed by atoms with E-state index in [1.807, 2.05) is 0 Å². The van der Waals surface area contributed by atoms with E-state index in [0.717, 1.165) is 11.1 Å². The molecule has 0 saturated carbocycles. The van der Waals surface area contributed by atoms with Crippen LogP contribution in [0.5, 0.6) is 0 Å². The van der Waals surface area contributed by atoms with Crippen molar-refractivity contribution in [2.24, 2.45) is 0 Å². The molecular weight excluding hydrogens is 434 g/mol. The molecule has 2 aliphatic heterocycles. The minimum absolute atomic E-state index is 0.0636. The molecule has 1 fully saturated rings. The summed E-state index contributed by atoms with van der Waals surface area (Å²) in [6, 6.07) is -0.854. The first-order valence-corrected chi connectivity index (χ1v) is 10.2. The highest BCUT2D eigenvalue weighted by molar-refractivity contribution is 8.00. The Morgan fingerprint density at radius 3 is 2.81 bits per heavy atom. The van der Waals surface area contributed by atoms with Crippen LogP contribution in [0.2, 0.25) is 0 Å². The fourth-order valence-electron chi connectivity index (χ4n) is 3.20. The number of carbonyl (C=O) groups is 4. The third-order valence-electron chi connectivity index (χ3n) is 4.64. The fraction of sp³-hybridized carbons (Fsp3) is 0.471. The second kappa shape index (κ2) is 9.16. The number of hydrogen-bond acceptors (Lipinski definition) is 9. The highest BCUT2D eigenvalue weighted by atomic mass is 32.2. The van der Waals surface area contributed by atoms with Gasteiger partial charge < -0.3 is 15.2 Å². The van der Waals surface area contributed by atoms with Crippen LogP contribution in [0.4, 0.5) is 5.69 Å². The van der Waals surface area contributed by atoms with E-state index in [-0.39, 0.29) is 36.7 Å². The molecule has 3 heterocycles. The van der Waals surface area contributed by atoms with Gasteiger partial charge in [-0.15, -0.1) is 11.8 Å². The van der Waals surface area contributed by atoms with Crippen molar-refractivity contribution in [3.63, 3.8) is 0 Å². The Morgan fingerprint density at radius 2 is 2.19 bits per heavy atom. The van der Waals surface area contributed by atoms with Crippen LogP contribution in [0.25, 0.3) is 0 Å². The zero-order valence-corrected chi connectivity index (χ0v) is 17.2. The number of nitrogens with zero attached hydrogens (tertiary/aromatic N) is 4. The number of aliphatic carboxylic acids is 1. The van der Waals surface area contributed by atoms with Crippen LogP contribution >= 0.6 is 11.8 Å². The third kappa shape index (κ3) is 4.84. The van der Waals surface area contributed by atoms with Crippen molar-refractivity contribution in [2.75, 3.05) is 12.4 Å². The van der Waals surface area contributed by atoms with Gasteiger partial charge in [0.2, 0.25) is 5.91 Å². The molecule has 1 aromatic rings. The van der Waals surface area contributed by atoms with Crippen molar-refractivity contribution < 1.29 is 33.9 Å². The lowest BCUT2D eigenvalue weighted by Gasteiger charge is -2.49. The summed E-state index contributed by atoms with van der Waals surface area (Å²) < 4.78 is 6.22. The van der Waals surface area contributed by atoms with E-state index in [2.05, 4.69) is 10.4 Å². The molecular formula is C17H19N5O8S. The molecule has 2 unspecified atom stereocenters. The molecule has 0 spiro atoms. The van der Waals surface area contributed by atoms with Gasteiger partial charge in [-0.3, -0.25) is 34.1 Å². The zero-order valence-electron chi connectivity index (χ0n) is 16.3. The normalized spacial score (nSPS) is 20.0. The summed E-state index contributed by atoms with van der Waals surface area (Å²) in [6.45, 7) is 1.27. The maximum absolute atomic E-state index is 12.5. The number of amides is 2. The Morgan fingerprint density at radius 1 is 1.45 bits per heavy atom. The molecule has 1 saturated heterocycles. The smallest absolute Gasteiger partial charge is 0.352 e. The van der Waals surface area contributed by atoms with Crippen LogP contribution in [-0.2, 0) is 30.5 Å². The Kier molecular flexibility index (Phi) is 6.58. The molecule has 2 N–H and O–H groups in total. The van der Waals surface area contributed by atoms with Gasteiger partial charge in [-0.25, -0.2) is 4.79 Å². The van der Waals surface area contributed by atoms with E-state index in [0.29, 0.717) is 12.0 Å². The number of rotatable bonds is 9. The lowest BCUT2D eigenvalue weighted by Crippen LogP contribution is -2.70. The number of carboxylic acid groups (broad SMARTS) is 1. The largest absolute Gasteiger partial charge is 0.477 e. The zero-order chi connectivity index (χ0) is 22.7. The molecule has 0 bridgehead atoms. The van der Waals surface area contributed by atoms with Gasteiger partial charge in [0.1, 0.15) is 36.1 Å². The first-order chi connectivity index (χ1) is 14.7. The monoisotopic (exact) mass is 453 g/mol. The van der Waals surface area contributed by atoms with Crippen molar-refractivity contribution in [3.05, 3.63) is 33.8 Å². The molecule has 3 rings (SSSR count). The van der Waals surface area contributed by atoms with E-state index in [1.165, 1.54) is 29.6 Å². The van der Waals surface area contributed by atoms with Gasteiger partial charge in [-0.1, -0.05) is 0 Å². The molecule has 14 heteroatoms. The third-order valence-corrected chi connectivity index (χ3v) is 5.98. The Labute approximate surface area is 179 Å². The number of β-lactam (4-membered cyclic amide) rings is 1. The number of thioether (sulfide) groups is 1. The first kappa shape index (κ1) is 22.3. The van der Waals surface area contributed by atoms with Crippen LogP contribution in [0.3, 0.4) is 0 Å². The molecule has 2 atom stereocenters. The van der Waals surface area contributed by atoms with Gasteiger partial charge in [-0.2, -0.15) is 5.10 Å². The maximum atomic E-state index is 12.5. The van der Waals surface area contributed by atoms with E-state index in [9.17, 15) is 34.4 Å². The number of nitrogens with one attached hydrogen (secondary N) is 1. The summed E-state index contributed by atoms with van der Waals surface area (Å²) >= 11 is 1.27. The molecule has 1 aromatic heterocycles. The van der Waals surface area contributed by atoms with Gasteiger partial charge in [0.25, 0.3) is 5.91 Å². The highest BCUT2D eigenvalue weighted by Crippen LogP contribution is 2.40. The quantitative estimate of drug-likeness (QED) is 0.222. The van der Waals surface area contributed by atoms with Gasteiger partial charge >= 0.3 is 17.6 Å². The lowest BCUT2D eigenvalue weighted by atomic mass is 10.0. The van der Waals surface area contributed by atoms with Crippen molar-refractivity contribution in [2.45, 2.75) is 37.7 Å². The number of esters is 1. The maximum Gasteiger partial charge on any atom is 0.352 e. The standard InChI is InChI=1S/C17H19N5O8S/c1-9(23)30-7-10-8-31-16-13(15(25)21(16)14(10)17(26)27)19-12(24)3-2-4-20-6-11(5-18-20)22(28)29/h5-6,13,16H,2-4,7-8H2,1H3,(H,19,24)(H,26,27). The van der Waals surface area contributed by atoms with E-state index in [1.54, 1.807) is 0 Å². The number of ether oxygens (including phenoxy) is 1. The van der Waals surface area contributed by atoms with Gasteiger partial charge in [0, 0.05) is 31.2 Å². The van der Waals surface area contributed by atoms with Crippen molar-refractivity contribution in [1.82, 2.24) is 20.0 Å². The van der Waals surface area contributed by atoms with E-state index in [4.69, 9.17) is 4.74 Å². The van der Waals surface area contributed by atoms with Gasteiger partial charge in [-0.05, 0) is 6.42 Å². The van der Waals surface area contributed by atoms with Gasteiger partial charge in [0.05, 0.1) is 4.92 Å². The predicted octanol–water partition coefficient (Wildman–Crippen LogP) is -0.127. The van der Waals surface area contributed by atoms with Crippen LogP contribution in [0.15, 0.2) is 23.7 Å². The molecule has 0 radical (unpaired) electrons. The number of aryl methyl sites for hydroxylation is 1. The molecule has 13 nitrogen and oxygen atoms in total. The fourth-order valence-corrected chi connectivity index (χ4v) is 4.53. The summed E-state index contributed by atoms with van der Waals surface area (Å²) in [7, 11) is 0. The molecule has 0 aromatic carbocycles. The van der Waals surface area contributed by atoms with Crippen LogP contribution in [0, 0.1) is 10.1 Å². The van der Waals surface area contributed by atoms with E-state index < -0.39 is 40.1 Å². The van der Waals surface area contributed by atoms with E-state index >= 15 is 0 Å². The molecule has 31 heavy (non-hydrogen) atoms. The second-order valence-electron chi connectivity index (χ2n) is 6.81. The van der Waals surface area contributed by atoms with Crippen molar-refractivity contribution in [3.8, 4) is 0 Å². The number of aromatic nitrogens is 2. The lowest BCUT2D eigenvalue weighted by molar-refractivity contribution is -0.385. The number of hydrogen-bond donors (Lipinski definition) is 2. The SMILES string of the molecule is CC(=O)OCC1=C(C(=O)O)N2C(=O)C(NC(=O)CCCn3cc([N+](=O)[O-])cn3)C2SC1. The van der Waals surface area contributed by atoms with Crippen molar-refractivity contribution in [1.29, 1.82) is 0 Å². The summed E-state index contributed by atoms with van der Waals surface area (Å²) in [5, 5.41) is 26.0. The minimum Gasteiger partial charge on any atom is -0.477 e. The number of carbonyl (C=O) groups excluding carboxylic acids is 3. The average Bonchev–Trinajstić information content (AvgIpc) is 3.18. The summed E-state index contributed by atoms with van der Waals surface area (Å²) in [5.74, 6) is -2.57. The Balaban J connectivity index is 1.54. The average molecular weight is 453 g/mol. The first-order valence-electron chi connectivity index (χ1n) is 9.18. The van der Waals surface area contributed by atoms with Crippen LogP contribution in [-0.4, -0.2) is 72.2 Å². The van der Waals surface area contributed by atoms with Crippen molar-refractivity contribution >= 4 is 41.2 Å². The molecule has 0 aliphatic carbocycles. The summed E-state index contributed by atoms with van der Waals surface area (Å²) in [4.78, 5) is 58.6. The predicted molar refractivity (Wildman–Crippen MR) is 104 cm³/mol. The molecule has 2 aliphatic rings. The topological polar surface area (TPSA) is 174 Å². The molecule has 2 amide bonds. The number of nitro groups is 1.